The number of imidazole rings is 1. The Labute approximate surface area is 157 Å². The van der Waals surface area contributed by atoms with Gasteiger partial charge in [-0.25, -0.2) is 9.78 Å². The highest BCUT2D eigenvalue weighted by molar-refractivity contribution is 5.95. The number of amides is 1. The molecule has 0 spiro atoms. The zero-order chi connectivity index (χ0) is 19.0. The lowest BCUT2D eigenvalue weighted by Gasteiger charge is -2.21. The van der Waals surface area contributed by atoms with Crippen LogP contribution in [0.25, 0.3) is 5.65 Å². The van der Waals surface area contributed by atoms with Gasteiger partial charge in [0.15, 0.2) is 0 Å². The number of benzene rings is 1. The molecule has 1 aliphatic carbocycles. The first-order valence-corrected chi connectivity index (χ1v) is 9.01. The Morgan fingerprint density at radius 3 is 2.93 bits per heavy atom. The van der Waals surface area contributed by atoms with Gasteiger partial charge < -0.3 is 14.5 Å². The van der Waals surface area contributed by atoms with E-state index in [0.29, 0.717) is 17.7 Å². The van der Waals surface area contributed by atoms with Gasteiger partial charge in [-0.3, -0.25) is 4.79 Å². The third-order valence-electron chi connectivity index (χ3n) is 5.04. The third kappa shape index (κ3) is 3.30. The van der Waals surface area contributed by atoms with E-state index in [1.54, 1.807) is 24.3 Å². The highest BCUT2D eigenvalue weighted by Gasteiger charge is 2.28. The average Bonchev–Trinajstić information content (AvgIpc) is 3.04. The van der Waals surface area contributed by atoms with Crippen LogP contribution in [0.15, 0.2) is 42.6 Å². The summed E-state index contributed by atoms with van der Waals surface area (Å²) in [4.78, 5) is 29.2. The monoisotopic (exact) mass is 363 g/mol. The molecule has 6 heteroatoms. The molecule has 0 saturated heterocycles. The summed E-state index contributed by atoms with van der Waals surface area (Å²) in [6.45, 7) is 2.05. The van der Waals surface area contributed by atoms with E-state index >= 15 is 0 Å². The molecule has 3 aromatic rings. The van der Waals surface area contributed by atoms with Gasteiger partial charge in [0.25, 0.3) is 0 Å². The molecule has 27 heavy (non-hydrogen) atoms. The van der Waals surface area contributed by atoms with Crippen LogP contribution in [0.4, 0.5) is 5.69 Å². The van der Waals surface area contributed by atoms with Crippen molar-refractivity contribution >= 4 is 23.2 Å². The fourth-order valence-corrected chi connectivity index (χ4v) is 3.62. The molecule has 1 unspecified atom stereocenters. The number of hydrogen-bond acceptors (Lipinski definition) is 4. The first-order chi connectivity index (χ1) is 13.0. The number of esters is 1. The number of aryl methyl sites for hydroxylation is 2. The van der Waals surface area contributed by atoms with Crippen LogP contribution in [0.3, 0.4) is 0 Å². The Kier molecular flexibility index (Phi) is 4.39. The lowest BCUT2D eigenvalue weighted by atomic mass is 9.89. The molecule has 0 radical (unpaired) electrons. The normalized spacial score (nSPS) is 16.0. The van der Waals surface area contributed by atoms with E-state index in [-0.39, 0.29) is 11.8 Å². The van der Waals surface area contributed by atoms with Crippen molar-refractivity contribution in [2.45, 2.75) is 26.2 Å². The van der Waals surface area contributed by atoms with Crippen LogP contribution in [0.5, 0.6) is 0 Å². The van der Waals surface area contributed by atoms with E-state index in [1.807, 2.05) is 19.1 Å². The van der Waals surface area contributed by atoms with Crippen LogP contribution < -0.4 is 5.32 Å². The summed E-state index contributed by atoms with van der Waals surface area (Å²) < 4.78 is 6.83. The molecular formula is C21H21N3O3. The topological polar surface area (TPSA) is 72.7 Å². The number of anilines is 1. The summed E-state index contributed by atoms with van der Waals surface area (Å²) in [5.74, 6) is -0.584. The summed E-state index contributed by atoms with van der Waals surface area (Å²) in [5.41, 5.74) is 5.30. The standard InChI is InChI=1S/C21H21N3O3/c1-13-6-9-19-23-17-8-7-14(11-18(17)24(19)12-13)20(25)22-16-5-3-4-15(10-16)21(26)27-2/h3-6,9-10,12,14H,7-8,11H2,1-2H3,(H,22,25). The first-order valence-electron chi connectivity index (χ1n) is 9.01. The van der Waals surface area contributed by atoms with Crippen molar-refractivity contribution in [1.29, 1.82) is 0 Å². The average molecular weight is 363 g/mol. The molecule has 0 aliphatic heterocycles. The van der Waals surface area contributed by atoms with Gasteiger partial charge in [0.2, 0.25) is 5.91 Å². The van der Waals surface area contributed by atoms with Gasteiger partial charge in [-0.2, -0.15) is 0 Å². The number of rotatable bonds is 3. The predicted octanol–water partition coefficient (Wildman–Crippen LogP) is 3.17. The lowest BCUT2D eigenvalue weighted by molar-refractivity contribution is -0.120. The molecular weight excluding hydrogens is 342 g/mol. The van der Waals surface area contributed by atoms with Gasteiger partial charge in [0.05, 0.1) is 18.4 Å². The smallest absolute Gasteiger partial charge is 0.337 e. The van der Waals surface area contributed by atoms with Gasteiger partial charge >= 0.3 is 5.97 Å². The van der Waals surface area contributed by atoms with Crippen LogP contribution in [-0.4, -0.2) is 28.4 Å². The second-order valence-corrected chi connectivity index (χ2v) is 6.94. The number of fused-ring (bicyclic) bond motifs is 3. The van der Waals surface area contributed by atoms with Gasteiger partial charge in [-0.1, -0.05) is 12.1 Å². The van der Waals surface area contributed by atoms with Crippen molar-refractivity contribution < 1.29 is 14.3 Å². The lowest BCUT2D eigenvalue weighted by Crippen LogP contribution is -2.28. The van der Waals surface area contributed by atoms with Crippen molar-refractivity contribution in [3.8, 4) is 0 Å². The summed E-state index contributed by atoms with van der Waals surface area (Å²) in [6.07, 6.45) is 4.28. The van der Waals surface area contributed by atoms with Crippen molar-refractivity contribution in [1.82, 2.24) is 9.38 Å². The number of carbonyl (C=O) groups is 2. The summed E-state index contributed by atoms with van der Waals surface area (Å²) in [5, 5.41) is 2.94. The van der Waals surface area contributed by atoms with Crippen molar-refractivity contribution in [2.75, 3.05) is 12.4 Å². The van der Waals surface area contributed by atoms with E-state index in [0.717, 1.165) is 35.4 Å². The van der Waals surface area contributed by atoms with E-state index in [9.17, 15) is 9.59 Å². The van der Waals surface area contributed by atoms with Crippen molar-refractivity contribution in [3.63, 3.8) is 0 Å². The number of methoxy groups -OCH3 is 1. The van der Waals surface area contributed by atoms with Crippen LogP contribution >= 0.6 is 0 Å². The molecule has 0 saturated carbocycles. The number of pyridine rings is 1. The molecule has 138 valence electrons. The number of nitrogens with one attached hydrogen (secondary N) is 1. The van der Waals surface area contributed by atoms with Gasteiger partial charge in [0, 0.05) is 29.9 Å². The third-order valence-corrected chi connectivity index (χ3v) is 5.04. The highest BCUT2D eigenvalue weighted by Crippen LogP contribution is 2.27. The van der Waals surface area contributed by atoms with Crippen LogP contribution in [0, 0.1) is 12.8 Å². The highest BCUT2D eigenvalue weighted by atomic mass is 16.5. The fraction of sp³-hybridized carbons (Fsp3) is 0.286. The number of hydrogen-bond donors (Lipinski definition) is 1. The summed E-state index contributed by atoms with van der Waals surface area (Å²) >= 11 is 0. The maximum absolute atomic E-state index is 12.8. The second kappa shape index (κ2) is 6.87. The molecule has 4 rings (SSSR count). The number of aromatic nitrogens is 2. The van der Waals surface area contributed by atoms with Gasteiger partial charge in [-0.05, 0) is 49.6 Å². The van der Waals surface area contributed by atoms with Crippen molar-refractivity contribution in [3.05, 3.63) is 65.1 Å². The van der Waals surface area contributed by atoms with E-state index in [1.165, 1.54) is 7.11 Å². The van der Waals surface area contributed by atoms with Crippen LogP contribution in [0.2, 0.25) is 0 Å². The van der Waals surface area contributed by atoms with Crippen LogP contribution in [-0.2, 0) is 22.4 Å². The van der Waals surface area contributed by atoms with E-state index in [4.69, 9.17) is 9.72 Å². The second-order valence-electron chi connectivity index (χ2n) is 6.94. The zero-order valence-corrected chi connectivity index (χ0v) is 15.4. The largest absolute Gasteiger partial charge is 0.465 e. The molecule has 0 bridgehead atoms. The maximum atomic E-state index is 12.8. The van der Waals surface area contributed by atoms with Crippen molar-refractivity contribution in [2.24, 2.45) is 5.92 Å². The minimum Gasteiger partial charge on any atom is -0.465 e. The summed E-state index contributed by atoms with van der Waals surface area (Å²) in [7, 11) is 1.34. The quantitative estimate of drug-likeness (QED) is 0.726. The minimum absolute atomic E-state index is 0.0368. The van der Waals surface area contributed by atoms with E-state index < -0.39 is 5.97 Å². The number of carbonyl (C=O) groups excluding carboxylic acids is 2. The molecule has 0 fully saturated rings. The molecule has 6 nitrogen and oxygen atoms in total. The molecule has 1 aromatic carbocycles. The van der Waals surface area contributed by atoms with E-state index in [2.05, 4.69) is 15.9 Å². The number of nitrogens with zero attached hydrogens (tertiary/aromatic N) is 2. The van der Waals surface area contributed by atoms with Gasteiger partial charge in [-0.15, -0.1) is 0 Å². The molecule has 2 aromatic heterocycles. The Morgan fingerprint density at radius 1 is 1.26 bits per heavy atom. The van der Waals surface area contributed by atoms with Gasteiger partial charge in [0.1, 0.15) is 5.65 Å². The predicted molar refractivity (Wildman–Crippen MR) is 102 cm³/mol. The molecule has 1 N–H and O–H groups in total. The molecule has 2 heterocycles. The molecule has 1 atom stereocenters. The molecule has 1 aliphatic rings. The van der Waals surface area contributed by atoms with Crippen LogP contribution in [0.1, 0.15) is 33.7 Å². The SMILES string of the molecule is COC(=O)c1cccc(NC(=O)C2CCc3nc4ccc(C)cn4c3C2)c1. The molecule has 1 amide bonds. The zero-order valence-electron chi connectivity index (χ0n) is 15.4. The Hall–Kier alpha value is -3.15. The minimum atomic E-state index is -0.422. The Bertz CT molecular complexity index is 1040. The Balaban J connectivity index is 1.54. The summed E-state index contributed by atoms with van der Waals surface area (Å²) in [6, 6.07) is 10.9. The maximum Gasteiger partial charge on any atom is 0.337 e. The first kappa shape index (κ1) is 17.3. The number of ether oxygens (including phenoxy) is 1. The Morgan fingerprint density at radius 2 is 2.11 bits per heavy atom. The fourth-order valence-electron chi connectivity index (χ4n) is 3.62.